The molecule has 1 aliphatic heterocycles. The average molecular weight is 587 g/mol. The molecule has 0 fully saturated rings. The fourth-order valence-corrected chi connectivity index (χ4v) is 4.55. The molecule has 5 rings (SSSR count). The number of nitrogens with one attached hydrogen (secondary N) is 2. The number of aromatic nitrogens is 2. The molecule has 1 unspecified atom stereocenters. The summed E-state index contributed by atoms with van der Waals surface area (Å²) in [7, 11) is 0. The molecule has 1 aliphatic rings. The number of benzene rings is 2. The van der Waals surface area contributed by atoms with E-state index >= 15 is 0 Å². The van der Waals surface area contributed by atoms with Gasteiger partial charge in [-0.1, -0.05) is 11.6 Å². The van der Waals surface area contributed by atoms with Gasteiger partial charge in [-0.05, 0) is 36.4 Å². The van der Waals surface area contributed by atoms with E-state index in [2.05, 4.69) is 15.7 Å². The molecule has 3 heterocycles. The SMILES string of the molecule is O=C1Cc2c(-c3cnn(C(F)F)c3)oc(NC(=O)c3cc(F)cc(C(F)(F)F)c3)c2C(c2cc(F)ccc2Cl)N1. The lowest BCUT2D eigenvalue weighted by Gasteiger charge is -2.26. The Labute approximate surface area is 224 Å². The molecule has 2 aromatic carbocycles. The first-order valence-corrected chi connectivity index (χ1v) is 11.6. The van der Waals surface area contributed by atoms with Crippen LogP contribution in [0.25, 0.3) is 11.3 Å². The molecule has 40 heavy (non-hydrogen) atoms. The van der Waals surface area contributed by atoms with Crippen molar-refractivity contribution in [1.29, 1.82) is 0 Å². The van der Waals surface area contributed by atoms with Crippen LogP contribution in [0, 0.1) is 11.6 Å². The number of hydrogen-bond donors (Lipinski definition) is 2. The third-order valence-electron chi connectivity index (χ3n) is 6.03. The summed E-state index contributed by atoms with van der Waals surface area (Å²) in [6.45, 7) is -3.02. The maximum Gasteiger partial charge on any atom is 0.416 e. The number of rotatable bonds is 5. The number of carbonyl (C=O) groups excluding carboxylic acids is 2. The Balaban J connectivity index is 1.66. The lowest BCUT2D eigenvalue weighted by molar-refractivity contribution is -0.137. The molecule has 0 bridgehead atoms. The number of fused-ring (bicyclic) bond motifs is 1. The van der Waals surface area contributed by atoms with Crippen molar-refractivity contribution in [2.75, 3.05) is 5.32 Å². The van der Waals surface area contributed by atoms with Crippen molar-refractivity contribution in [3.8, 4) is 11.3 Å². The fourth-order valence-electron chi connectivity index (χ4n) is 4.32. The molecule has 2 N–H and O–H groups in total. The highest BCUT2D eigenvalue weighted by Gasteiger charge is 2.37. The van der Waals surface area contributed by atoms with Gasteiger partial charge in [0.25, 0.3) is 5.91 Å². The van der Waals surface area contributed by atoms with Gasteiger partial charge in [0.2, 0.25) is 11.8 Å². The smallest absolute Gasteiger partial charge is 0.416 e. The third-order valence-corrected chi connectivity index (χ3v) is 6.37. The Morgan fingerprint density at radius 2 is 1.90 bits per heavy atom. The molecule has 208 valence electrons. The molecule has 7 nitrogen and oxygen atoms in total. The third kappa shape index (κ3) is 5.13. The summed E-state index contributed by atoms with van der Waals surface area (Å²) in [5, 5.41) is 8.37. The average Bonchev–Trinajstić information content (AvgIpc) is 3.49. The minimum absolute atomic E-state index is 0.00467. The summed E-state index contributed by atoms with van der Waals surface area (Å²) in [5.74, 6) is -4.48. The fraction of sp³-hybridized carbons (Fsp3) is 0.160. The molecule has 0 saturated carbocycles. The van der Waals surface area contributed by atoms with Gasteiger partial charge in [0.05, 0.1) is 29.8 Å². The molecule has 2 amide bonds. The Morgan fingerprint density at radius 1 is 1.15 bits per heavy atom. The van der Waals surface area contributed by atoms with E-state index in [1.165, 1.54) is 6.07 Å². The first-order valence-electron chi connectivity index (χ1n) is 11.2. The second-order valence-electron chi connectivity index (χ2n) is 8.66. The summed E-state index contributed by atoms with van der Waals surface area (Å²) in [4.78, 5) is 25.7. The molecule has 4 aromatic rings. The molecular formula is C25H14ClF7N4O3. The molecule has 0 saturated heterocycles. The van der Waals surface area contributed by atoms with Crippen LogP contribution in [-0.2, 0) is 17.4 Å². The minimum atomic E-state index is -4.96. The number of nitrogens with zero attached hydrogens (tertiary/aromatic N) is 2. The molecule has 0 spiro atoms. The van der Waals surface area contributed by atoms with Crippen LogP contribution < -0.4 is 10.6 Å². The largest absolute Gasteiger partial charge is 0.439 e. The standard InChI is InChI=1S/C25H14ClF7N4O3/c26-17-2-1-13(27)6-15(17)20-19-16(7-18(38)35-20)21(11-8-34-37(9-11)24(29)30)40-23(19)36-22(39)10-3-12(25(31,32)33)5-14(28)4-10/h1-6,8-9,20,24H,7H2,(H,35,38)(H,36,39). The van der Waals surface area contributed by atoms with Crippen LogP contribution in [0.15, 0.2) is 53.2 Å². The first-order chi connectivity index (χ1) is 18.8. The van der Waals surface area contributed by atoms with Gasteiger partial charge in [0.15, 0.2) is 0 Å². The van der Waals surface area contributed by atoms with Crippen molar-refractivity contribution in [2.45, 2.75) is 25.2 Å². The van der Waals surface area contributed by atoms with E-state index < -0.39 is 59.2 Å². The van der Waals surface area contributed by atoms with E-state index in [0.717, 1.165) is 24.5 Å². The Bertz CT molecular complexity index is 1650. The number of halogens is 8. The quantitative estimate of drug-likeness (QED) is 0.261. The molecular weight excluding hydrogens is 573 g/mol. The van der Waals surface area contributed by atoms with Crippen molar-refractivity contribution < 1.29 is 44.7 Å². The van der Waals surface area contributed by atoms with Crippen LogP contribution in [0.4, 0.5) is 36.6 Å². The number of alkyl halides is 5. The molecule has 15 heteroatoms. The predicted octanol–water partition coefficient (Wildman–Crippen LogP) is 6.50. The van der Waals surface area contributed by atoms with Crippen molar-refractivity contribution in [2.24, 2.45) is 0 Å². The summed E-state index contributed by atoms with van der Waals surface area (Å²) in [5.41, 5.74) is -2.02. The summed E-state index contributed by atoms with van der Waals surface area (Å²) in [6, 6.07) is 3.24. The molecule has 2 aromatic heterocycles. The van der Waals surface area contributed by atoms with Gasteiger partial charge in [-0.3, -0.25) is 14.9 Å². The maximum atomic E-state index is 14.2. The van der Waals surface area contributed by atoms with Gasteiger partial charge in [-0.25, -0.2) is 13.5 Å². The Hall–Kier alpha value is -4.33. The number of anilines is 1. The lowest BCUT2D eigenvalue weighted by Crippen LogP contribution is -2.36. The lowest BCUT2D eigenvalue weighted by atomic mass is 9.89. The van der Waals surface area contributed by atoms with E-state index in [1.54, 1.807) is 0 Å². The van der Waals surface area contributed by atoms with Crippen LogP contribution >= 0.6 is 11.6 Å². The van der Waals surface area contributed by atoms with E-state index in [9.17, 15) is 40.3 Å². The van der Waals surface area contributed by atoms with Gasteiger partial charge in [0, 0.05) is 33.5 Å². The van der Waals surface area contributed by atoms with Gasteiger partial charge in [-0.15, -0.1) is 0 Å². The van der Waals surface area contributed by atoms with Crippen LogP contribution in [0.2, 0.25) is 5.02 Å². The van der Waals surface area contributed by atoms with Gasteiger partial charge >= 0.3 is 12.7 Å². The minimum Gasteiger partial charge on any atom is -0.439 e. The predicted molar refractivity (Wildman–Crippen MR) is 126 cm³/mol. The molecule has 0 aliphatic carbocycles. The zero-order chi connectivity index (χ0) is 28.9. The van der Waals surface area contributed by atoms with E-state index in [-0.39, 0.29) is 45.5 Å². The first kappa shape index (κ1) is 27.2. The highest BCUT2D eigenvalue weighted by molar-refractivity contribution is 6.31. The van der Waals surface area contributed by atoms with Gasteiger partial charge < -0.3 is 9.73 Å². The second-order valence-corrected chi connectivity index (χ2v) is 9.07. The number of amides is 2. The molecule has 1 atom stereocenters. The summed E-state index contributed by atoms with van der Waals surface area (Å²) in [6.07, 6.45) is -3.42. The monoisotopic (exact) mass is 586 g/mol. The van der Waals surface area contributed by atoms with Crippen molar-refractivity contribution in [3.05, 3.63) is 93.3 Å². The normalized spacial score (nSPS) is 15.2. The number of hydrogen-bond acceptors (Lipinski definition) is 4. The zero-order valence-electron chi connectivity index (χ0n) is 19.6. The maximum absolute atomic E-state index is 14.2. The second kappa shape index (κ2) is 10.0. The topological polar surface area (TPSA) is 89.2 Å². The van der Waals surface area contributed by atoms with Crippen molar-refractivity contribution in [3.63, 3.8) is 0 Å². The van der Waals surface area contributed by atoms with Crippen molar-refractivity contribution in [1.82, 2.24) is 15.1 Å². The Morgan fingerprint density at radius 3 is 2.58 bits per heavy atom. The summed E-state index contributed by atoms with van der Waals surface area (Å²) < 4.78 is 100. The molecule has 0 radical (unpaired) electrons. The van der Waals surface area contributed by atoms with E-state index in [1.807, 2.05) is 0 Å². The number of furan rings is 1. The van der Waals surface area contributed by atoms with E-state index in [4.69, 9.17) is 16.0 Å². The van der Waals surface area contributed by atoms with Gasteiger partial charge in [-0.2, -0.15) is 27.1 Å². The van der Waals surface area contributed by atoms with E-state index in [0.29, 0.717) is 16.8 Å². The van der Waals surface area contributed by atoms with Crippen molar-refractivity contribution >= 4 is 29.3 Å². The Kier molecular flexibility index (Phi) is 6.82. The highest BCUT2D eigenvalue weighted by Crippen LogP contribution is 2.44. The van der Waals surface area contributed by atoms with Crippen LogP contribution in [0.3, 0.4) is 0 Å². The zero-order valence-corrected chi connectivity index (χ0v) is 20.4. The highest BCUT2D eigenvalue weighted by atomic mass is 35.5. The number of carbonyl (C=O) groups is 2. The summed E-state index contributed by atoms with van der Waals surface area (Å²) >= 11 is 6.26. The van der Waals surface area contributed by atoms with Gasteiger partial charge in [0.1, 0.15) is 17.4 Å². The van der Waals surface area contributed by atoms with Crippen LogP contribution in [-0.4, -0.2) is 21.6 Å². The van der Waals surface area contributed by atoms with Crippen LogP contribution in [0.1, 0.15) is 45.2 Å². The van der Waals surface area contributed by atoms with Crippen LogP contribution in [0.5, 0.6) is 0 Å².